The molecule has 1 atom stereocenters. The van der Waals surface area contributed by atoms with E-state index < -0.39 is 0 Å². The first kappa shape index (κ1) is 15.5. The fourth-order valence-electron chi connectivity index (χ4n) is 3.26. The van der Waals surface area contributed by atoms with Crippen molar-refractivity contribution in [1.29, 1.82) is 0 Å². The van der Waals surface area contributed by atoms with Crippen molar-refractivity contribution in [2.75, 3.05) is 7.11 Å². The third-order valence-corrected chi connectivity index (χ3v) is 5.55. The van der Waals surface area contributed by atoms with Gasteiger partial charge in [0.2, 0.25) is 0 Å². The number of fused-ring (bicyclic) bond motifs is 3. The second-order valence-corrected chi connectivity index (χ2v) is 7.09. The number of ether oxygens (including phenoxy) is 1. The zero-order valence-electron chi connectivity index (χ0n) is 13.8. The number of aromatic nitrogens is 3. The van der Waals surface area contributed by atoms with Crippen LogP contribution in [0.4, 0.5) is 0 Å². The Labute approximate surface area is 145 Å². The van der Waals surface area contributed by atoms with Crippen LogP contribution < -0.4 is 9.46 Å². The van der Waals surface area contributed by atoms with Crippen LogP contribution in [0.5, 0.6) is 5.75 Å². The van der Waals surface area contributed by atoms with Crippen LogP contribution in [0.25, 0.3) is 11.0 Å². The molecule has 0 bridgehead atoms. The van der Waals surface area contributed by atoms with Gasteiger partial charge in [-0.2, -0.15) is 5.10 Å². The molecule has 2 N–H and O–H groups in total. The molecule has 0 saturated carbocycles. The van der Waals surface area contributed by atoms with E-state index in [1.807, 2.05) is 12.4 Å². The van der Waals surface area contributed by atoms with E-state index in [1.165, 1.54) is 22.1 Å². The van der Waals surface area contributed by atoms with Crippen molar-refractivity contribution in [3.8, 4) is 5.75 Å². The van der Waals surface area contributed by atoms with E-state index in [0.717, 1.165) is 35.6 Å². The zero-order valence-corrected chi connectivity index (χ0v) is 14.6. The molecule has 6 heteroatoms. The van der Waals surface area contributed by atoms with Crippen molar-refractivity contribution in [3.63, 3.8) is 0 Å². The minimum Gasteiger partial charge on any atom is -0.496 e. The Morgan fingerprint density at radius 3 is 3.12 bits per heavy atom. The van der Waals surface area contributed by atoms with Crippen molar-refractivity contribution in [2.45, 2.75) is 37.1 Å². The summed E-state index contributed by atoms with van der Waals surface area (Å²) in [6.45, 7) is 2.08. The van der Waals surface area contributed by atoms with Crippen LogP contribution in [-0.2, 0) is 12.8 Å². The van der Waals surface area contributed by atoms with Gasteiger partial charge in [-0.15, -0.1) is 0 Å². The summed E-state index contributed by atoms with van der Waals surface area (Å²) < 4.78 is 9.08. The van der Waals surface area contributed by atoms with Gasteiger partial charge < -0.3 is 4.74 Å². The number of benzene rings is 1. The molecule has 0 saturated heterocycles. The van der Waals surface area contributed by atoms with Gasteiger partial charge in [0, 0.05) is 17.6 Å². The van der Waals surface area contributed by atoms with Crippen LogP contribution in [-0.4, -0.2) is 28.3 Å². The normalized spacial score (nSPS) is 17.0. The monoisotopic (exact) mass is 340 g/mol. The molecule has 0 fully saturated rings. The summed E-state index contributed by atoms with van der Waals surface area (Å²) in [5, 5.41) is 8.23. The molecule has 0 radical (unpaired) electrons. The maximum Gasteiger partial charge on any atom is 0.155 e. The second kappa shape index (κ2) is 6.45. The van der Waals surface area contributed by atoms with E-state index in [9.17, 15) is 0 Å². The quantitative estimate of drug-likeness (QED) is 0.713. The SMILES string of the molecule is COc1cc(C)ccc1SNC1CCc2c(cnc3[nH]ncc23)C1. The zero-order chi connectivity index (χ0) is 16.5. The largest absolute Gasteiger partial charge is 0.496 e. The number of H-pyrrole nitrogens is 1. The van der Waals surface area contributed by atoms with Gasteiger partial charge in [0.15, 0.2) is 5.65 Å². The lowest BCUT2D eigenvalue weighted by Gasteiger charge is -2.25. The number of nitrogens with one attached hydrogen (secondary N) is 2. The van der Waals surface area contributed by atoms with Gasteiger partial charge in [0.1, 0.15) is 5.75 Å². The van der Waals surface area contributed by atoms with E-state index in [1.54, 1.807) is 19.1 Å². The molecule has 1 unspecified atom stereocenters. The molecule has 3 aromatic rings. The number of hydrogen-bond acceptors (Lipinski definition) is 5. The molecule has 5 nitrogen and oxygen atoms in total. The Hall–Kier alpha value is -2.05. The van der Waals surface area contributed by atoms with Crippen molar-refractivity contribution in [3.05, 3.63) is 47.3 Å². The third-order valence-electron chi connectivity index (χ3n) is 4.55. The molecule has 1 aromatic carbocycles. The Kier molecular flexibility index (Phi) is 4.16. The van der Waals surface area contributed by atoms with Crippen molar-refractivity contribution in [2.24, 2.45) is 0 Å². The molecule has 24 heavy (non-hydrogen) atoms. The highest BCUT2D eigenvalue weighted by Crippen LogP contribution is 2.31. The summed E-state index contributed by atoms with van der Waals surface area (Å²) >= 11 is 1.65. The van der Waals surface area contributed by atoms with E-state index in [0.29, 0.717) is 6.04 Å². The summed E-state index contributed by atoms with van der Waals surface area (Å²) in [6.07, 6.45) is 7.03. The van der Waals surface area contributed by atoms with Gasteiger partial charge in [-0.3, -0.25) is 9.82 Å². The lowest BCUT2D eigenvalue weighted by Crippen LogP contribution is -2.30. The highest BCUT2D eigenvalue weighted by molar-refractivity contribution is 7.97. The smallest absolute Gasteiger partial charge is 0.155 e. The number of pyridine rings is 1. The highest BCUT2D eigenvalue weighted by Gasteiger charge is 2.21. The number of aromatic amines is 1. The van der Waals surface area contributed by atoms with Gasteiger partial charge in [0.05, 0.1) is 18.2 Å². The Morgan fingerprint density at radius 2 is 2.25 bits per heavy atom. The first-order valence-corrected chi connectivity index (χ1v) is 8.93. The molecular weight excluding hydrogens is 320 g/mol. The summed E-state index contributed by atoms with van der Waals surface area (Å²) in [7, 11) is 1.72. The van der Waals surface area contributed by atoms with Crippen LogP contribution in [0.15, 0.2) is 35.5 Å². The molecule has 2 aromatic heterocycles. The number of methoxy groups -OCH3 is 1. The van der Waals surface area contributed by atoms with Gasteiger partial charge in [-0.25, -0.2) is 4.98 Å². The van der Waals surface area contributed by atoms with Crippen LogP contribution in [0.3, 0.4) is 0 Å². The van der Waals surface area contributed by atoms with Gasteiger partial charge in [0.25, 0.3) is 0 Å². The summed E-state index contributed by atoms with van der Waals surface area (Å²) in [5.41, 5.74) is 4.81. The van der Waals surface area contributed by atoms with Crippen molar-refractivity contribution >= 4 is 23.0 Å². The van der Waals surface area contributed by atoms with Gasteiger partial charge >= 0.3 is 0 Å². The fourth-order valence-corrected chi connectivity index (χ4v) is 4.13. The molecule has 4 rings (SSSR count). The highest BCUT2D eigenvalue weighted by atomic mass is 32.2. The van der Waals surface area contributed by atoms with Crippen molar-refractivity contribution < 1.29 is 4.74 Å². The molecular formula is C18H20N4OS. The fraction of sp³-hybridized carbons (Fsp3) is 0.333. The maximum atomic E-state index is 5.48. The Bertz CT molecular complexity index is 877. The topological polar surface area (TPSA) is 62.8 Å². The lowest BCUT2D eigenvalue weighted by molar-refractivity contribution is 0.404. The molecule has 1 aliphatic rings. The first-order chi connectivity index (χ1) is 11.7. The third kappa shape index (κ3) is 2.87. The number of hydrogen-bond donors (Lipinski definition) is 2. The number of aryl methyl sites for hydroxylation is 2. The van der Waals surface area contributed by atoms with Crippen LogP contribution in [0, 0.1) is 6.92 Å². The molecule has 1 aliphatic carbocycles. The lowest BCUT2D eigenvalue weighted by atomic mass is 9.88. The molecule has 2 heterocycles. The second-order valence-electron chi connectivity index (χ2n) is 6.21. The van der Waals surface area contributed by atoms with E-state index in [4.69, 9.17) is 4.74 Å². The summed E-state index contributed by atoms with van der Waals surface area (Å²) in [6, 6.07) is 6.72. The first-order valence-electron chi connectivity index (χ1n) is 8.11. The molecule has 0 spiro atoms. The average molecular weight is 340 g/mol. The van der Waals surface area contributed by atoms with Crippen LogP contribution in [0.1, 0.15) is 23.1 Å². The molecule has 0 aliphatic heterocycles. The molecule has 0 amide bonds. The van der Waals surface area contributed by atoms with Crippen molar-refractivity contribution in [1.82, 2.24) is 19.9 Å². The number of nitrogens with zero attached hydrogens (tertiary/aromatic N) is 2. The maximum absolute atomic E-state index is 5.48. The predicted octanol–water partition coefficient (Wildman–Crippen LogP) is 3.43. The Morgan fingerprint density at radius 1 is 1.33 bits per heavy atom. The summed E-state index contributed by atoms with van der Waals surface area (Å²) in [4.78, 5) is 5.59. The predicted molar refractivity (Wildman–Crippen MR) is 96.4 cm³/mol. The Balaban J connectivity index is 1.47. The minimum absolute atomic E-state index is 0.430. The standard InChI is InChI=1S/C18H20N4OS/c1-11-3-6-17(16(7-11)23-2)24-22-13-4-5-14-12(8-13)9-19-18-15(14)10-20-21-18/h3,6-7,9-10,13,22H,4-5,8H2,1-2H3,(H,19,20,21). The van der Waals surface area contributed by atoms with Gasteiger partial charge in [-0.05, 0) is 67.0 Å². The average Bonchev–Trinajstić information content (AvgIpc) is 3.09. The summed E-state index contributed by atoms with van der Waals surface area (Å²) in [5.74, 6) is 0.922. The number of rotatable bonds is 4. The van der Waals surface area contributed by atoms with Crippen LogP contribution in [0.2, 0.25) is 0 Å². The van der Waals surface area contributed by atoms with E-state index in [2.05, 4.69) is 45.0 Å². The van der Waals surface area contributed by atoms with Gasteiger partial charge in [-0.1, -0.05) is 6.07 Å². The molecule has 124 valence electrons. The van der Waals surface area contributed by atoms with E-state index >= 15 is 0 Å². The van der Waals surface area contributed by atoms with Crippen LogP contribution >= 0.6 is 11.9 Å². The minimum atomic E-state index is 0.430. The van der Waals surface area contributed by atoms with E-state index in [-0.39, 0.29) is 0 Å².